The third-order valence-corrected chi connectivity index (χ3v) is 1.98. The van der Waals surface area contributed by atoms with E-state index >= 15 is 0 Å². The Morgan fingerprint density at radius 1 is 1.42 bits per heavy atom. The average molecular weight is 161 g/mol. The Hall–Kier alpha value is -1.57. The van der Waals surface area contributed by atoms with Gasteiger partial charge in [-0.25, -0.2) is 0 Å². The van der Waals surface area contributed by atoms with Gasteiger partial charge in [0.25, 0.3) is 0 Å². The zero-order valence-electron chi connectivity index (χ0n) is 6.58. The Labute approximate surface area is 71.7 Å². The Balaban J connectivity index is 0.000000845. The molecule has 0 radical (unpaired) electrons. The molecule has 2 nitrogen and oxygen atoms in total. The number of aromatic amines is 1. The van der Waals surface area contributed by atoms with Crippen LogP contribution in [0.2, 0.25) is 0 Å². The number of aromatic nitrogens is 1. The quantitative estimate of drug-likeness (QED) is 0.672. The molecule has 0 saturated carbocycles. The predicted molar refractivity (Wildman–Crippen MR) is 50.2 cm³/mol. The van der Waals surface area contributed by atoms with Gasteiger partial charge in [0.15, 0.2) is 0 Å². The minimum Gasteiger partial charge on any atom is -0.361 e. The maximum absolute atomic E-state index is 10.3. The van der Waals surface area contributed by atoms with Crippen LogP contribution in [-0.2, 0) is 11.2 Å². The first-order chi connectivity index (χ1) is 5.92. The topological polar surface area (TPSA) is 32.9 Å². The minimum absolute atomic E-state index is 0. The highest BCUT2D eigenvalue weighted by molar-refractivity contribution is 5.84. The number of rotatable bonds is 2. The van der Waals surface area contributed by atoms with Gasteiger partial charge in [0.1, 0.15) is 6.29 Å². The number of carbonyl (C=O) groups excluding carboxylic acids is 1. The second-order valence-electron chi connectivity index (χ2n) is 2.73. The summed E-state index contributed by atoms with van der Waals surface area (Å²) in [7, 11) is 0. The molecule has 2 heteroatoms. The summed E-state index contributed by atoms with van der Waals surface area (Å²) in [4.78, 5) is 13.4. The van der Waals surface area contributed by atoms with Gasteiger partial charge in [-0.15, -0.1) is 0 Å². The van der Waals surface area contributed by atoms with Crippen LogP contribution >= 0.6 is 0 Å². The van der Waals surface area contributed by atoms with E-state index in [9.17, 15) is 4.79 Å². The Bertz CT molecular complexity index is 408. The van der Waals surface area contributed by atoms with Crippen molar-refractivity contribution in [3.05, 3.63) is 36.0 Å². The Kier molecular flexibility index (Phi) is 1.67. The minimum atomic E-state index is 0. The van der Waals surface area contributed by atoms with Crippen LogP contribution in [0.25, 0.3) is 10.9 Å². The molecule has 0 spiro atoms. The van der Waals surface area contributed by atoms with Gasteiger partial charge in [-0.2, -0.15) is 0 Å². The lowest BCUT2D eigenvalue weighted by Gasteiger charge is -1.90. The first kappa shape index (κ1) is 7.10. The van der Waals surface area contributed by atoms with Gasteiger partial charge in [-0.05, 0) is 11.6 Å². The molecule has 0 amide bonds. The van der Waals surface area contributed by atoms with Crippen LogP contribution in [0.3, 0.4) is 0 Å². The molecule has 0 atom stereocenters. The normalized spacial score (nSPS) is 10.3. The number of nitrogens with one attached hydrogen (secondary N) is 1. The standard InChI is InChI=1S/C10H9NO.H2/c12-6-5-8-7-11-10-4-2-1-3-9(8)10;/h1-4,6-7,11H,5H2;1H. The number of H-pyrrole nitrogens is 1. The summed E-state index contributed by atoms with van der Waals surface area (Å²) in [6, 6.07) is 7.97. The second kappa shape index (κ2) is 2.81. The lowest BCUT2D eigenvalue weighted by molar-refractivity contribution is -0.107. The van der Waals surface area contributed by atoms with Gasteiger partial charge in [-0.3, -0.25) is 0 Å². The van der Waals surface area contributed by atoms with E-state index in [0.717, 1.165) is 22.8 Å². The predicted octanol–water partition coefficient (Wildman–Crippen LogP) is 2.16. The molecule has 2 aromatic rings. The van der Waals surface area contributed by atoms with E-state index < -0.39 is 0 Å². The van der Waals surface area contributed by atoms with Crippen molar-refractivity contribution in [3.63, 3.8) is 0 Å². The summed E-state index contributed by atoms with van der Waals surface area (Å²) < 4.78 is 0. The first-order valence-electron chi connectivity index (χ1n) is 3.90. The van der Waals surface area contributed by atoms with Crippen molar-refractivity contribution in [2.24, 2.45) is 0 Å². The highest BCUT2D eigenvalue weighted by Gasteiger charge is 2.00. The van der Waals surface area contributed by atoms with Gasteiger partial charge in [0.2, 0.25) is 0 Å². The van der Waals surface area contributed by atoms with E-state index in [4.69, 9.17) is 0 Å². The highest BCUT2D eigenvalue weighted by atomic mass is 16.1. The summed E-state index contributed by atoms with van der Waals surface area (Å²) >= 11 is 0. The number of hydrogen-bond acceptors (Lipinski definition) is 1. The number of benzene rings is 1. The number of hydrogen-bond donors (Lipinski definition) is 1. The smallest absolute Gasteiger partial charge is 0.124 e. The zero-order valence-corrected chi connectivity index (χ0v) is 6.58. The maximum Gasteiger partial charge on any atom is 0.124 e. The van der Waals surface area contributed by atoms with Gasteiger partial charge in [-0.1, -0.05) is 18.2 Å². The largest absolute Gasteiger partial charge is 0.361 e. The molecule has 1 aromatic heterocycles. The van der Waals surface area contributed by atoms with Crippen LogP contribution in [-0.4, -0.2) is 11.3 Å². The van der Waals surface area contributed by atoms with E-state index in [1.165, 1.54) is 0 Å². The number of fused-ring (bicyclic) bond motifs is 1. The number of aldehydes is 1. The van der Waals surface area contributed by atoms with E-state index in [0.29, 0.717) is 6.42 Å². The Morgan fingerprint density at radius 2 is 2.25 bits per heavy atom. The second-order valence-corrected chi connectivity index (χ2v) is 2.73. The molecule has 1 heterocycles. The molecule has 0 aliphatic rings. The van der Waals surface area contributed by atoms with Gasteiger partial charge in [0.05, 0.1) is 0 Å². The molecule has 0 aliphatic heterocycles. The van der Waals surface area contributed by atoms with Crippen molar-refractivity contribution < 1.29 is 6.22 Å². The van der Waals surface area contributed by atoms with Crippen LogP contribution in [0.4, 0.5) is 0 Å². The summed E-state index contributed by atoms with van der Waals surface area (Å²) in [6.45, 7) is 0. The molecular weight excluding hydrogens is 150 g/mol. The molecule has 0 aliphatic carbocycles. The van der Waals surface area contributed by atoms with Crippen LogP contribution in [0.5, 0.6) is 0 Å². The lowest BCUT2D eigenvalue weighted by Crippen LogP contribution is -1.81. The van der Waals surface area contributed by atoms with Crippen molar-refractivity contribution in [2.45, 2.75) is 6.42 Å². The van der Waals surface area contributed by atoms with E-state index in [2.05, 4.69) is 4.98 Å². The number of para-hydroxylation sites is 1. The van der Waals surface area contributed by atoms with Crippen molar-refractivity contribution in [3.8, 4) is 0 Å². The summed E-state index contributed by atoms with van der Waals surface area (Å²) in [5.41, 5.74) is 2.16. The fourth-order valence-corrected chi connectivity index (χ4v) is 1.39. The van der Waals surface area contributed by atoms with E-state index in [1.807, 2.05) is 30.5 Å². The molecule has 0 fully saturated rings. The molecule has 0 saturated heterocycles. The molecule has 1 N–H and O–H groups in total. The van der Waals surface area contributed by atoms with Crippen LogP contribution in [0.15, 0.2) is 30.5 Å². The fourth-order valence-electron chi connectivity index (χ4n) is 1.39. The maximum atomic E-state index is 10.3. The third kappa shape index (κ3) is 1.01. The third-order valence-electron chi connectivity index (χ3n) is 1.98. The highest BCUT2D eigenvalue weighted by Crippen LogP contribution is 2.16. The fraction of sp³-hybridized carbons (Fsp3) is 0.100. The molecule has 1 aromatic carbocycles. The van der Waals surface area contributed by atoms with Crippen LogP contribution < -0.4 is 0 Å². The first-order valence-corrected chi connectivity index (χ1v) is 3.90. The molecule has 2 rings (SSSR count). The van der Waals surface area contributed by atoms with Crippen molar-refractivity contribution in [2.75, 3.05) is 0 Å². The summed E-state index contributed by atoms with van der Waals surface area (Å²) in [5.74, 6) is 0. The van der Waals surface area contributed by atoms with Gasteiger partial charge in [0, 0.05) is 24.9 Å². The van der Waals surface area contributed by atoms with Crippen molar-refractivity contribution in [1.82, 2.24) is 4.98 Å². The summed E-state index contributed by atoms with van der Waals surface area (Å²) in [5, 5.41) is 1.14. The number of carbonyl (C=O) groups is 1. The monoisotopic (exact) mass is 161 g/mol. The van der Waals surface area contributed by atoms with E-state index in [-0.39, 0.29) is 1.43 Å². The Morgan fingerprint density at radius 3 is 3.08 bits per heavy atom. The average Bonchev–Trinajstić information content (AvgIpc) is 2.50. The van der Waals surface area contributed by atoms with Gasteiger partial charge < -0.3 is 9.78 Å². The molecule has 0 unspecified atom stereocenters. The molecule has 0 bridgehead atoms. The zero-order chi connectivity index (χ0) is 8.39. The van der Waals surface area contributed by atoms with Crippen LogP contribution in [0.1, 0.15) is 6.99 Å². The van der Waals surface area contributed by atoms with Gasteiger partial charge >= 0.3 is 0 Å². The molecular formula is C10H11NO. The van der Waals surface area contributed by atoms with E-state index in [1.54, 1.807) is 0 Å². The molecule has 62 valence electrons. The summed E-state index contributed by atoms with van der Waals surface area (Å²) in [6.07, 6.45) is 3.30. The van der Waals surface area contributed by atoms with Crippen molar-refractivity contribution >= 4 is 17.2 Å². The van der Waals surface area contributed by atoms with Crippen LogP contribution in [0, 0.1) is 0 Å². The van der Waals surface area contributed by atoms with Crippen molar-refractivity contribution in [1.29, 1.82) is 0 Å². The molecule has 12 heavy (non-hydrogen) atoms. The SMILES string of the molecule is O=CCc1c[nH]c2ccccc12.[HH]. The lowest BCUT2D eigenvalue weighted by atomic mass is 10.1.